The van der Waals surface area contributed by atoms with Crippen molar-refractivity contribution in [1.29, 1.82) is 0 Å². The second kappa shape index (κ2) is 5.20. The minimum absolute atomic E-state index is 0.0365. The minimum Gasteiger partial charge on any atom is -0.477 e. The molecule has 0 spiro atoms. The topological polar surface area (TPSA) is 74.7 Å². The molecule has 0 bridgehead atoms. The Hall–Kier alpha value is -1.22. The van der Waals surface area contributed by atoms with Crippen molar-refractivity contribution in [2.45, 2.75) is 23.6 Å². The predicted molar refractivity (Wildman–Crippen MR) is 81.6 cm³/mol. The summed E-state index contributed by atoms with van der Waals surface area (Å²) in [5.41, 5.74) is 1.05. The number of hydrogen-bond acceptors (Lipinski definition) is 5. The Kier molecular flexibility index (Phi) is 3.64. The van der Waals surface area contributed by atoms with Crippen LogP contribution in [0.1, 0.15) is 33.1 Å². The fourth-order valence-electron chi connectivity index (χ4n) is 2.50. The van der Waals surface area contributed by atoms with Gasteiger partial charge in [0, 0.05) is 17.5 Å². The van der Waals surface area contributed by atoms with Crippen LogP contribution in [0.4, 0.5) is 0 Å². The Labute approximate surface area is 130 Å². The van der Waals surface area contributed by atoms with Crippen molar-refractivity contribution in [3.05, 3.63) is 38.9 Å². The van der Waals surface area contributed by atoms with Gasteiger partial charge < -0.3 is 5.11 Å². The van der Waals surface area contributed by atoms with Gasteiger partial charge in [0.05, 0.1) is 0 Å². The zero-order chi connectivity index (χ0) is 15.2. The van der Waals surface area contributed by atoms with Crippen molar-refractivity contribution in [1.82, 2.24) is 4.31 Å². The molecule has 1 atom stereocenters. The van der Waals surface area contributed by atoms with Gasteiger partial charge in [-0.25, -0.2) is 13.2 Å². The number of rotatable bonds is 3. The third kappa shape index (κ3) is 2.42. The molecule has 3 rings (SSSR count). The summed E-state index contributed by atoms with van der Waals surface area (Å²) in [5, 5.41) is 10.9. The first-order chi connectivity index (χ1) is 9.91. The van der Waals surface area contributed by atoms with Crippen LogP contribution in [0, 0.1) is 0 Å². The number of carbonyl (C=O) groups is 1. The molecule has 0 aromatic carbocycles. The first-order valence-electron chi connectivity index (χ1n) is 6.32. The quantitative estimate of drug-likeness (QED) is 0.930. The standard InChI is InChI=1S/C13H13NO4S3/c1-8-9-5-7-19-10(9)4-6-14(8)21(17,18)12-3-2-11(20-12)13(15)16/h2-3,5,7-8H,4,6H2,1H3,(H,15,16). The van der Waals surface area contributed by atoms with E-state index < -0.39 is 16.0 Å². The zero-order valence-electron chi connectivity index (χ0n) is 11.1. The second-order valence-electron chi connectivity index (χ2n) is 4.76. The fourth-order valence-corrected chi connectivity index (χ4v) is 6.35. The van der Waals surface area contributed by atoms with E-state index in [1.54, 1.807) is 11.3 Å². The Morgan fingerprint density at radius 2 is 2.14 bits per heavy atom. The average Bonchev–Trinajstić information content (AvgIpc) is 3.08. The van der Waals surface area contributed by atoms with Crippen LogP contribution in [0.25, 0.3) is 0 Å². The molecule has 2 aromatic heterocycles. The van der Waals surface area contributed by atoms with Gasteiger partial charge in [-0.2, -0.15) is 4.31 Å². The van der Waals surface area contributed by atoms with E-state index >= 15 is 0 Å². The van der Waals surface area contributed by atoms with Gasteiger partial charge in [0.2, 0.25) is 0 Å². The highest BCUT2D eigenvalue weighted by Crippen LogP contribution is 2.37. The van der Waals surface area contributed by atoms with Gasteiger partial charge in [-0.1, -0.05) is 0 Å². The maximum atomic E-state index is 12.7. The van der Waals surface area contributed by atoms with E-state index in [1.165, 1.54) is 21.3 Å². The van der Waals surface area contributed by atoms with Crippen LogP contribution in [0.5, 0.6) is 0 Å². The lowest BCUT2D eigenvalue weighted by Crippen LogP contribution is -2.37. The van der Waals surface area contributed by atoms with Gasteiger partial charge in [0.1, 0.15) is 9.09 Å². The highest BCUT2D eigenvalue weighted by Gasteiger charge is 2.35. The highest BCUT2D eigenvalue weighted by atomic mass is 32.2. The van der Waals surface area contributed by atoms with Gasteiger partial charge in [-0.05, 0) is 42.5 Å². The SMILES string of the molecule is CC1c2ccsc2CCN1S(=O)(=O)c1ccc(C(=O)O)s1. The smallest absolute Gasteiger partial charge is 0.345 e. The third-order valence-electron chi connectivity index (χ3n) is 3.58. The molecule has 3 heterocycles. The Balaban J connectivity index is 1.97. The molecule has 1 aliphatic rings. The van der Waals surface area contributed by atoms with Crippen molar-refractivity contribution in [2.24, 2.45) is 0 Å². The Bertz CT molecular complexity index is 790. The lowest BCUT2D eigenvalue weighted by Gasteiger charge is -2.32. The molecule has 0 saturated heterocycles. The third-order valence-corrected chi connectivity index (χ3v) is 8.08. The first-order valence-corrected chi connectivity index (χ1v) is 9.46. The molecule has 5 nitrogen and oxygen atoms in total. The molecule has 0 fully saturated rings. The predicted octanol–water partition coefficient (Wildman–Crippen LogP) is 2.82. The van der Waals surface area contributed by atoms with Gasteiger partial charge in [-0.15, -0.1) is 22.7 Å². The number of hydrogen-bond donors (Lipinski definition) is 1. The maximum Gasteiger partial charge on any atom is 0.345 e. The monoisotopic (exact) mass is 343 g/mol. The molecule has 0 saturated carbocycles. The largest absolute Gasteiger partial charge is 0.477 e. The summed E-state index contributed by atoms with van der Waals surface area (Å²) in [6, 6.07) is 4.45. The van der Waals surface area contributed by atoms with Gasteiger partial charge in [0.15, 0.2) is 0 Å². The van der Waals surface area contributed by atoms with E-state index in [1.807, 2.05) is 18.4 Å². The number of carboxylic acid groups (broad SMARTS) is 1. The molecule has 112 valence electrons. The van der Waals surface area contributed by atoms with E-state index in [9.17, 15) is 13.2 Å². The van der Waals surface area contributed by atoms with E-state index in [4.69, 9.17) is 5.11 Å². The van der Waals surface area contributed by atoms with Crippen LogP contribution >= 0.6 is 22.7 Å². The summed E-state index contributed by atoms with van der Waals surface area (Å²) in [6.45, 7) is 2.30. The zero-order valence-corrected chi connectivity index (χ0v) is 13.6. The van der Waals surface area contributed by atoms with Crippen LogP contribution in [-0.2, 0) is 16.4 Å². The molecule has 2 aromatic rings. The highest BCUT2D eigenvalue weighted by molar-refractivity contribution is 7.91. The lowest BCUT2D eigenvalue weighted by molar-refractivity contribution is 0.0702. The van der Waals surface area contributed by atoms with Gasteiger partial charge in [0.25, 0.3) is 10.0 Å². The van der Waals surface area contributed by atoms with Gasteiger partial charge >= 0.3 is 5.97 Å². The van der Waals surface area contributed by atoms with Crippen molar-refractivity contribution >= 4 is 38.7 Å². The average molecular weight is 343 g/mol. The molecule has 1 N–H and O–H groups in total. The summed E-state index contributed by atoms with van der Waals surface area (Å²) < 4.78 is 27.0. The van der Waals surface area contributed by atoms with E-state index in [0.29, 0.717) is 13.0 Å². The minimum atomic E-state index is -3.65. The van der Waals surface area contributed by atoms with Crippen LogP contribution in [0.15, 0.2) is 27.8 Å². The first kappa shape index (κ1) is 14.7. The van der Waals surface area contributed by atoms with Crippen molar-refractivity contribution < 1.29 is 18.3 Å². The molecular weight excluding hydrogens is 330 g/mol. The molecule has 0 radical (unpaired) electrons. The molecule has 0 aliphatic carbocycles. The number of thiophene rings is 2. The van der Waals surface area contributed by atoms with E-state index in [2.05, 4.69) is 0 Å². The summed E-state index contributed by atoms with van der Waals surface area (Å²) >= 11 is 2.45. The van der Waals surface area contributed by atoms with Crippen LogP contribution in [0.3, 0.4) is 0 Å². The molecule has 1 unspecified atom stereocenters. The number of nitrogens with zero attached hydrogens (tertiary/aromatic N) is 1. The Morgan fingerprint density at radius 1 is 1.38 bits per heavy atom. The van der Waals surface area contributed by atoms with Gasteiger partial charge in [-0.3, -0.25) is 0 Å². The number of carboxylic acids is 1. The lowest BCUT2D eigenvalue weighted by atomic mass is 10.0. The van der Waals surface area contributed by atoms with Crippen LogP contribution < -0.4 is 0 Å². The maximum absolute atomic E-state index is 12.7. The fraction of sp³-hybridized carbons (Fsp3) is 0.308. The van der Waals surface area contributed by atoms with E-state index in [-0.39, 0.29) is 15.1 Å². The summed E-state index contributed by atoms with van der Waals surface area (Å²) in [5.74, 6) is -1.10. The summed E-state index contributed by atoms with van der Waals surface area (Å²) in [4.78, 5) is 12.2. The normalized spacial score (nSPS) is 19.4. The van der Waals surface area contributed by atoms with E-state index in [0.717, 1.165) is 16.9 Å². The molecule has 21 heavy (non-hydrogen) atoms. The molecule has 0 amide bonds. The van der Waals surface area contributed by atoms with Crippen molar-refractivity contribution in [2.75, 3.05) is 6.54 Å². The molecule has 8 heteroatoms. The molecule has 1 aliphatic heterocycles. The summed E-state index contributed by atoms with van der Waals surface area (Å²) in [7, 11) is -3.65. The number of aromatic carboxylic acids is 1. The van der Waals surface area contributed by atoms with Crippen LogP contribution in [-0.4, -0.2) is 30.3 Å². The van der Waals surface area contributed by atoms with Crippen LogP contribution in [0.2, 0.25) is 0 Å². The Morgan fingerprint density at radius 3 is 2.81 bits per heavy atom. The van der Waals surface area contributed by atoms with Crippen molar-refractivity contribution in [3.63, 3.8) is 0 Å². The second-order valence-corrected chi connectivity index (χ2v) is 8.97. The molecular formula is C13H13NO4S3. The van der Waals surface area contributed by atoms with Crippen molar-refractivity contribution in [3.8, 4) is 0 Å². The summed E-state index contributed by atoms with van der Waals surface area (Å²) in [6.07, 6.45) is 0.702. The number of fused-ring (bicyclic) bond motifs is 1. The number of sulfonamides is 1.